The molecular weight excluding hydrogens is 475 g/mol. The van der Waals surface area contributed by atoms with Crippen LogP contribution in [0, 0.1) is 0 Å². The van der Waals surface area contributed by atoms with Gasteiger partial charge in [0.05, 0.1) is 5.69 Å². The molecule has 1 unspecified atom stereocenters. The molecule has 1 N–H and O–H groups in total. The van der Waals surface area contributed by atoms with E-state index in [1.807, 2.05) is 78.9 Å². The van der Waals surface area contributed by atoms with Crippen LogP contribution in [0.1, 0.15) is 56.3 Å². The molecule has 0 aliphatic heterocycles. The monoisotopic (exact) mass is 508 g/mol. The molecule has 1 atom stereocenters. The molecule has 1 aromatic heterocycles. The summed E-state index contributed by atoms with van der Waals surface area (Å²) in [6, 6.07) is 17.7. The highest BCUT2D eigenvalue weighted by atomic mass is 35.5. The smallest absolute Gasteiger partial charge is 0.154 e. The molecule has 1 heterocycles. The topological polar surface area (TPSA) is 41.0 Å². The van der Waals surface area contributed by atoms with Crippen LogP contribution in [0.4, 0.5) is 5.82 Å². The van der Waals surface area contributed by atoms with E-state index in [9.17, 15) is 0 Å². The summed E-state index contributed by atoms with van der Waals surface area (Å²) >= 11 is 12.0. The summed E-state index contributed by atoms with van der Waals surface area (Å²) in [4.78, 5) is 11.9. The van der Waals surface area contributed by atoms with Crippen molar-refractivity contribution < 1.29 is 0 Å². The van der Waals surface area contributed by atoms with Gasteiger partial charge < -0.3 is 10.2 Å². The highest BCUT2D eigenvalue weighted by molar-refractivity contribution is 6.30. The molecule has 35 heavy (non-hydrogen) atoms. The minimum Gasteiger partial charge on any atom is -0.367 e. The summed E-state index contributed by atoms with van der Waals surface area (Å²) in [5.41, 5.74) is 2.94. The van der Waals surface area contributed by atoms with E-state index in [1.165, 1.54) is 0 Å². The normalized spacial score (nSPS) is 12.6. The number of halogens is 2. The maximum atomic E-state index is 6.01. The van der Waals surface area contributed by atoms with Gasteiger partial charge in [0.25, 0.3) is 0 Å². The van der Waals surface area contributed by atoms with Crippen molar-refractivity contribution in [1.29, 1.82) is 0 Å². The van der Waals surface area contributed by atoms with Crippen molar-refractivity contribution in [1.82, 2.24) is 14.9 Å². The van der Waals surface area contributed by atoms with Gasteiger partial charge in [-0.2, -0.15) is 0 Å². The Labute approximate surface area is 219 Å². The summed E-state index contributed by atoms with van der Waals surface area (Å²) in [6.45, 7) is 9.94. The maximum Gasteiger partial charge on any atom is 0.154 e. The molecule has 184 valence electrons. The zero-order valence-electron chi connectivity index (χ0n) is 20.7. The van der Waals surface area contributed by atoms with Crippen molar-refractivity contribution in [3.05, 3.63) is 87.3 Å². The Morgan fingerprint density at radius 2 is 1.40 bits per heavy atom. The van der Waals surface area contributed by atoms with E-state index < -0.39 is 0 Å². The van der Waals surface area contributed by atoms with Gasteiger partial charge in [0.2, 0.25) is 0 Å². The zero-order valence-corrected chi connectivity index (χ0v) is 22.2. The van der Waals surface area contributed by atoms with Crippen LogP contribution < -0.4 is 5.32 Å². The summed E-state index contributed by atoms with van der Waals surface area (Å²) < 4.78 is 0. The summed E-state index contributed by atoms with van der Waals surface area (Å²) in [6.07, 6.45) is 10.2. The lowest BCUT2D eigenvalue weighted by molar-refractivity contribution is 0.295. The van der Waals surface area contributed by atoms with Crippen LogP contribution in [0.2, 0.25) is 10.0 Å². The van der Waals surface area contributed by atoms with Crippen molar-refractivity contribution in [2.75, 3.05) is 25.0 Å². The van der Waals surface area contributed by atoms with Gasteiger partial charge in [-0.25, -0.2) is 9.97 Å². The number of hydrogen-bond donors (Lipinski definition) is 1. The average Bonchev–Trinajstić information content (AvgIpc) is 2.86. The Morgan fingerprint density at radius 3 is 1.97 bits per heavy atom. The molecule has 0 amide bonds. The number of aromatic nitrogens is 2. The van der Waals surface area contributed by atoms with Gasteiger partial charge in [0, 0.05) is 22.2 Å². The van der Waals surface area contributed by atoms with Crippen LogP contribution in [0.25, 0.3) is 24.3 Å². The highest BCUT2D eigenvalue weighted by Gasteiger charge is 2.07. The van der Waals surface area contributed by atoms with Crippen molar-refractivity contribution in [2.24, 2.45) is 0 Å². The lowest BCUT2D eigenvalue weighted by Gasteiger charge is -2.20. The van der Waals surface area contributed by atoms with Gasteiger partial charge in [-0.1, -0.05) is 73.5 Å². The van der Waals surface area contributed by atoms with Crippen LogP contribution in [-0.2, 0) is 0 Å². The molecule has 6 heteroatoms. The number of hydrogen-bond acceptors (Lipinski definition) is 4. The van der Waals surface area contributed by atoms with E-state index in [-0.39, 0.29) is 0 Å². The Bertz CT molecular complexity index is 1030. The zero-order chi connectivity index (χ0) is 25.0. The molecule has 0 spiro atoms. The minimum atomic E-state index is 0.307. The lowest BCUT2D eigenvalue weighted by Crippen LogP contribution is -2.25. The van der Waals surface area contributed by atoms with Crippen LogP contribution in [0.3, 0.4) is 0 Å². The third-order valence-electron chi connectivity index (χ3n) is 5.77. The van der Waals surface area contributed by atoms with Crippen molar-refractivity contribution >= 4 is 53.3 Å². The van der Waals surface area contributed by atoms with E-state index in [2.05, 4.69) is 31.0 Å². The minimum absolute atomic E-state index is 0.307. The molecule has 0 saturated carbocycles. The maximum absolute atomic E-state index is 6.01. The number of nitrogens with zero attached hydrogens (tertiary/aromatic N) is 3. The first kappa shape index (κ1) is 26.9. The summed E-state index contributed by atoms with van der Waals surface area (Å²) in [5.74, 6) is 1.47. The Kier molecular flexibility index (Phi) is 10.8. The fourth-order valence-electron chi connectivity index (χ4n) is 3.70. The van der Waals surface area contributed by atoms with Crippen LogP contribution >= 0.6 is 23.2 Å². The first-order chi connectivity index (χ1) is 16.9. The summed E-state index contributed by atoms with van der Waals surface area (Å²) in [7, 11) is 0. The number of benzene rings is 2. The van der Waals surface area contributed by atoms with Gasteiger partial charge in [-0.3, -0.25) is 0 Å². The van der Waals surface area contributed by atoms with E-state index in [4.69, 9.17) is 33.2 Å². The quantitative estimate of drug-likeness (QED) is 0.268. The third kappa shape index (κ3) is 9.48. The standard InChI is InChI=1S/C29H34Cl2N4/c1-4-35(5-2)20-6-7-22(3)32-29-21-27(18-12-23-8-14-25(30)15-9-23)33-28(34-29)19-13-24-10-16-26(31)17-11-24/h8-19,21-22H,4-7,20H2,1-3H3,(H,32,33,34)/b18-12+,19-13+. The van der Waals surface area contributed by atoms with E-state index in [1.54, 1.807) is 0 Å². The second kappa shape index (κ2) is 14.0. The van der Waals surface area contributed by atoms with Crippen LogP contribution in [0.15, 0.2) is 54.6 Å². The fourth-order valence-corrected chi connectivity index (χ4v) is 3.96. The van der Waals surface area contributed by atoms with Crippen molar-refractivity contribution in [2.45, 2.75) is 39.7 Å². The molecule has 0 saturated heterocycles. The number of nitrogens with one attached hydrogen (secondary N) is 1. The average molecular weight is 510 g/mol. The number of rotatable bonds is 12. The molecule has 0 aliphatic rings. The fraction of sp³-hybridized carbons (Fsp3) is 0.310. The van der Waals surface area contributed by atoms with Gasteiger partial charge >= 0.3 is 0 Å². The second-order valence-corrected chi connectivity index (χ2v) is 9.39. The van der Waals surface area contributed by atoms with E-state index in [0.29, 0.717) is 16.9 Å². The molecule has 0 aliphatic carbocycles. The molecular formula is C29H34Cl2N4. The Hall–Kier alpha value is -2.66. The van der Waals surface area contributed by atoms with Gasteiger partial charge in [-0.15, -0.1) is 0 Å². The first-order valence-corrected chi connectivity index (χ1v) is 13.0. The molecule has 2 aromatic carbocycles. The first-order valence-electron chi connectivity index (χ1n) is 12.2. The predicted octanol–water partition coefficient (Wildman–Crippen LogP) is 8.05. The molecule has 0 bridgehead atoms. The van der Waals surface area contributed by atoms with E-state index in [0.717, 1.165) is 60.1 Å². The van der Waals surface area contributed by atoms with Crippen molar-refractivity contribution in [3.63, 3.8) is 0 Å². The molecule has 0 radical (unpaired) electrons. The SMILES string of the molecule is CCN(CC)CCCC(C)Nc1cc(/C=C/c2ccc(Cl)cc2)nc(/C=C/c2ccc(Cl)cc2)n1. The second-order valence-electron chi connectivity index (χ2n) is 8.52. The largest absolute Gasteiger partial charge is 0.367 e. The highest BCUT2D eigenvalue weighted by Crippen LogP contribution is 2.17. The molecule has 3 aromatic rings. The van der Waals surface area contributed by atoms with Crippen molar-refractivity contribution in [3.8, 4) is 0 Å². The lowest BCUT2D eigenvalue weighted by atomic mass is 10.1. The number of anilines is 1. The Morgan fingerprint density at radius 1 is 0.829 bits per heavy atom. The molecule has 0 fully saturated rings. The Balaban J connectivity index is 1.77. The van der Waals surface area contributed by atoms with Gasteiger partial charge in [0.15, 0.2) is 5.82 Å². The van der Waals surface area contributed by atoms with Crippen LogP contribution in [0.5, 0.6) is 0 Å². The third-order valence-corrected chi connectivity index (χ3v) is 6.28. The van der Waals surface area contributed by atoms with Gasteiger partial charge in [0.1, 0.15) is 5.82 Å². The van der Waals surface area contributed by atoms with Crippen LogP contribution in [-0.4, -0.2) is 40.5 Å². The summed E-state index contributed by atoms with van der Waals surface area (Å²) in [5, 5.41) is 5.01. The predicted molar refractivity (Wildman–Crippen MR) is 153 cm³/mol. The molecule has 4 nitrogen and oxygen atoms in total. The van der Waals surface area contributed by atoms with Gasteiger partial charge in [-0.05, 0) is 86.9 Å². The molecule has 3 rings (SSSR count). The van der Waals surface area contributed by atoms with E-state index >= 15 is 0 Å².